The van der Waals surface area contributed by atoms with Gasteiger partial charge in [0.05, 0.1) is 6.20 Å². The van der Waals surface area contributed by atoms with Gasteiger partial charge in [-0.2, -0.15) is 5.10 Å². The summed E-state index contributed by atoms with van der Waals surface area (Å²) in [7, 11) is 1.71. The van der Waals surface area contributed by atoms with Crippen molar-refractivity contribution in [3.05, 3.63) is 18.0 Å². The minimum absolute atomic E-state index is 0.122. The molecule has 116 valence electrons. The fraction of sp³-hybridized carbons (Fsp3) is 0.643. The number of aromatic nitrogens is 2. The molecule has 7 heteroatoms. The molecule has 0 saturated carbocycles. The van der Waals surface area contributed by atoms with E-state index < -0.39 is 12.0 Å². The Kier molecular flexibility index (Phi) is 4.50. The van der Waals surface area contributed by atoms with Crippen LogP contribution in [-0.2, 0) is 11.8 Å². The molecule has 0 spiro atoms. The van der Waals surface area contributed by atoms with Crippen LogP contribution >= 0.6 is 0 Å². The molecule has 1 aliphatic heterocycles. The van der Waals surface area contributed by atoms with Crippen LogP contribution < -0.4 is 5.32 Å². The standard InChI is InChI=1S/C14H22N4O3/c1-9-4-5-18(10(2)6-9)14(21)16-12(13(19)20)11-7-15-17(3)8-11/h7-10,12H,4-6H2,1-3H3,(H,16,21)(H,19,20). The largest absolute Gasteiger partial charge is 0.479 e. The Hall–Kier alpha value is -2.05. The van der Waals surface area contributed by atoms with E-state index in [0.717, 1.165) is 12.8 Å². The lowest BCUT2D eigenvalue weighted by atomic mass is 9.94. The zero-order valence-electron chi connectivity index (χ0n) is 12.6. The molecule has 1 aromatic heterocycles. The maximum atomic E-state index is 12.3. The summed E-state index contributed by atoms with van der Waals surface area (Å²) >= 11 is 0. The Morgan fingerprint density at radius 1 is 1.48 bits per heavy atom. The Morgan fingerprint density at radius 2 is 2.19 bits per heavy atom. The van der Waals surface area contributed by atoms with E-state index in [0.29, 0.717) is 18.0 Å². The average molecular weight is 294 g/mol. The molecule has 2 heterocycles. The molecule has 0 aromatic carbocycles. The van der Waals surface area contributed by atoms with Crippen molar-refractivity contribution in [2.24, 2.45) is 13.0 Å². The van der Waals surface area contributed by atoms with Gasteiger partial charge in [0.2, 0.25) is 0 Å². The van der Waals surface area contributed by atoms with E-state index in [4.69, 9.17) is 0 Å². The zero-order valence-corrected chi connectivity index (χ0v) is 12.6. The maximum absolute atomic E-state index is 12.3. The highest BCUT2D eigenvalue weighted by atomic mass is 16.4. The highest BCUT2D eigenvalue weighted by Crippen LogP contribution is 2.23. The minimum Gasteiger partial charge on any atom is -0.479 e. The SMILES string of the molecule is CC1CCN(C(=O)NC(C(=O)O)c2cnn(C)c2)C(C)C1. The van der Waals surface area contributed by atoms with Gasteiger partial charge in [-0.15, -0.1) is 0 Å². The summed E-state index contributed by atoms with van der Waals surface area (Å²) in [6.07, 6.45) is 4.95. The number of carboxylic acids is 1. The van der Waals surface area contributed by atoms with Crippen LogP contribution in [0.1, 0.15) is 38.3 Å². The highest BCUT2D eigenvalue weighted by Gasteiger charge is 2.30. The molecule has 1 aromatic rings. The van der Waals surface area contributed by atoms with Crippen LogP contribution in [0.15, 0.2) is 12.4 Å². The van der Waals surface area contributed by atoms with Crippen LogP contribution in [0.25, 0.3) is 0 Å². The lowest BCUT2D eigenvalue weighted by Crippen LogP contribution is -2.50. The lowest BCUT2D eigenvalue weighted by molar-refractivity contribution is -0.139. The van der Waals surface area contributed by atoms with Crippen LogP contribution in [0.2, 0.25) is 0 Å². The number of carbonyl (C=O) groups excluding carboxylic acids is 1. The van der Waals surface area contributed by atoms with Crippen molar-refractivity contribution in [2.45, 2.75) is 38.8 Å². The molecule has 3 atom stereocenters. The molecule has 1 fully saturated rings. The van der Waals surface area contributed by atoms with Gasteiger partial charge in [0.1, 0.15) is 0 Å². The third-order valence-electron chi connectivity index (χ3n) is 3.97. The quantitative estimate of drug-likeness (QED) is 0.881. The molecular formula is C14H22N4O3. The van der Waals surface area contributed by atoms with Gasteiger partial charge < -0.3 is 15.3 Å². The molecule has 21 heavy (non-hydrogen) atoms. The predicted molar refractivity (Wildman–Crippen MR) is 76.7 cm³/mol. The van der Waals surface area contributed by atoms with E-state index in [1.54, 1.807) is 18.1 Å². The second-order valence-electron chi connectivity index (χ2n) is 5.84. The average Bonchev–Trinajstić information content (AvgIpc) is 2.81. The smallest absolute Gasteiger partial charge is 0.331 e. The molecular weight excluding hydrogens is 272 g/mol. The Morgan fingerprint density at radius 3 is 2.71 bits per heavy atom. The Balaban J connectivity index is 2.07. The third kappa shape index (κ3) is 3.53. The molecule has 1 aliphatic rings. The highest BCUT2D eigenvalue weighted by molar-refractivity contribution is 5.83. The van der Waals surface area contributed by atoms with E-state index in [-0.39, 0.29) is 12.1 Å². The third-order valence-corrected chi connectivity index (χ3v) is 3.97. The van der Waals surface area contributed by atoms with E-state index >= 15 is 0 Å². The van der Waals surface area contributed by atoms with Gasteiger partial charge in [-0.05, 0) is 25.7 Å². The number of rotatable bonds is 3. The number of carboxylic acid groups (broad SMARTS) is 1. The number of amides is 2. The monoisotopic (exact) mass is 294 g/mol. The van der Waals surface area contributed by atoms with E-state index in [1.165, 1.54) is 10.9 Å². The van der Waals surface area contributed by atoms with Crippen LogP contribution in [0, 0.1) is 5.92 Å². The first-order chi connectivity index (χ1) is 9.88. The number of nitrogens with one attached hydrogen (secondary N) is 1. The van der Waals surface area contributed by atoms with Crippen molar-refractivity contribution in [3.63, 3.8) is 0 Å². The zero-order chi connectivity index (χ0) is 15.6. The van der Waals surface area contributed by atoms with Gasteiger partial charge in [-0.1, -0.05) is 6.92 Å². The van der Waals surface area contributed by atoms with Crippen molar-refractivity contribution >= 4 is 12.0 Å². The molecule has 2 N–H and O–H groups in total. The maximum Gasteiger partial charge on any atom is 0.331 e. The van der Waals surface area contributed by atoms with Gasteiger partial charge in [0, 0.05) is 31.4 Å². The van der Waals surface area contributed by atoms with Crippen molar-refractivity contribution in [2.75, 3.05) is 6.54 Å². The molecule has 1 saturated heterocycles. The topological polar surface area (TPSA) is 87.5 Å². The molecule has 0 bridgehead atoms. The van der Waals surface area contributed by atoms with E-state index in [9.17, 15) is 14.7 Å². The number of aryl methyl sites for hydroxylation is 1. The number of urea groups is 1. The number of piperidine rings is 1. The van der Waals surface area contributed by atoms with Gasteiger partial charge in [0.15, 0.2) is 6.04 Å². The number of hydrogen-bond donors (Lipinski definition) is 2. The fourth-order valence-corrected chi connectivity index (χ4v) is 2.79. The van der Waals surface area contributed by atoms with Crippen LogP contribution in [0.5, 0.6) is 0 Å². The van der Waals surface area contributed by atoms with Crippen LogP contribution in [0.4, 0.5) is 4.79 Å². The number of carbonyl (C=O) groups is 2. The van der Waals surface area contributed by atoms with Gasteiger partial charge in [-0.3, -0.25) is 4.68 Å². The number of aliphatic carboxylic acids is 1. The van der Waals surface area contributed by atoms with Crippen LogP contribution in [-0.4, -0.2) is 44.4 Å². The number of hydrogen-bond acceptors (Lipinski definition) is 3. The van der Waals surface area contributed by atoms with Gasteiger partial charge in [0.25, 0.3) is 0 Å². The summed E-state index contributed by atoms with van der Waals surface area (Å²) in [5.41, 5.74) is 0.469. The first kappa shape index (κ1) is 15.3. The van der Waals surface area contributed by atoms with Crippen molar-refractivity contribution in [1.82, 2.24) is 20.0 Å². The van der Waals surface area contributed by atoms with Crippen molar-refractivity contribution < 1.29 is 14.7 Å². The predicted octanol–water partition coefficient (Wildman–Crippen LogP) is 1.38. The molecule has 0 radical (unpaired) electrons. The van der Waals surface area contributed by atoms with Gasteiger partial charge >= 0.3 is 12.0 Å². The summed E-state index contributed by atoms with van der Waals surface area (Å²) < 4.78 is 1.52. The molecule has 3 unspecified atom stereocenters. The van der Waals surface area contributed by atoms with E-state index in [1.807, 2.05) is 6.92 Å². The molecule has 7 nitrogen and oxygen atoms in total. The van der Waals surface area contributed by atoms with E-state index in [2.05, 4.69) is 17.3 Å². The summed E-state index contributed by atoms with van der Waals surface area (Å²) in [4.78, 5) is 25.4. The van der Waals surface area contributed by atoms with Crippen molar-refractivity contribution in [1.29, 1.82) is 0 Å². The molecule has 2 amide bonds. The lowest BCUT2D eigenvalue weighted by Gasteiger charge is -2.37. The van der Waals surface area contributed by atoms with Crippen LogP contribution in [0.3, 0.4) is 0 Å². The Bertz CT molecular complexity index is 528. The normalized spacial score (nSPS) is 23.7. The van der Waals surface area contributed by atoms with Crippen molar-refractivity contribution in [3.8, 4) is 0 Å². The second kappa shape index (κ2) is 6.15. The summed E-state index contributed by atoms with van der Waals surface area (Å²) in [5.74, 6) is -0.493. The molecule has 2 rings (SSSR count). The molecule has 0 aliphatic carbocycles. The number of likely N-dealkylation sites (tertiary alicyclic amines) is 1. The first-order valence-electron chi connectivity index (χ1n) is 7.17. The second-order valence-corrected chi connectivity index (χ2v) is 5.84. The minimum atomic E-state index is -1.09. The fourth-order valence-electron chi connectivity index (χ4n) is 2.79. The van der Waals surface area contributed by atoms with Gasteiger partial charge in [-0.25, -0.2) is 9.59 Å². The summed E-state index contributed by atoms with van der Waals surface area (Å²) in [6.45, 7) is 4.82. The first-order valence-corrected chi connectivity index (χ1v) is 7.17. The number of nitrogens with zero attached hydrogens (tertiary/aromatic N) is 3. The Labute approximate surface area is 123 Å². The summed E-state index contributed by atoms with van der Waals surface area (Å²) in [5, 5.41) is 15.9. The summed E-state index contributed by atoms with van der Waals surface area (Å²) in [6, 6.07) is -1.28.